The van der Waals surface area contributed by atoms with Crippen molar-refractivity contribution in [3.8, 4) is 0 Å². The lowest BCUT2D eigenvalue weighted by molar-refractivity contribution is 0.116. The van der Waals surface area contributed by atoms with Crippen LogP contribution in [0.25, 0.3) is 0 Å². The number of hydrogen-bond donors (Lipinski definition) is 4. The summed E-state index contributed by atoms with van der Waals surface area (Å²) < 4.78 is 15.5. The zero-order chi connectivity index (χ0) is 31.3. The Kier molecular flexibility index (Phi) is 44.4. The molecule has 7 heteroatoms. The van der Waals surface area contributed by atoms with Gasteiger partial charge in [-0.15, -0.1) is 0 Å². The molecule has 0 aliphatic rings. The molecule has 0 rings (SSSR count). The Morgan fingerprint density at radius 2 is 0.732 bits per heavy atom. The van der Waals surface area contributed by atoms with Gasteiger partial charge in [0, 0.05) is 0 Å². The van der Waals surface area contributed by atoms with Crippen LogP contribution in [-0.2, 0) is 9.09 Å². The lowest BCUT2D eigenvalue weighted by atomic mass is 10.1. The van der Waals surface area contributed by atoms with Crippen LogP contribution in [0.15, 0.2) is 0 Å². The summed E-state index contributed by atoms with van der Waals surface area (Å²) in [5.41, 5.74) is 10.8. The van der Waals surface area contributed by atoms with Gasteiger partial charge in [0.15, 0.2) is 0 Å². The third-order valence-corrected chi connectivity index (χ3v) is 7.98. The number of nitrogens with two attached hydrogens (primary N) is 2. The maximum atomic E-state index is 10.7. The van der Waals surface area contributed by atoms with E-state index in [1.165, 1.54) is 128 Å². The highest BCUT2D eigenvalue weighted by Gasteiger charge is 2.21. The fourth-order valence-corrected chi connectivity index (χ4v) is 5.36. The van der Waals surface area contributed by atoms with Gasteiger partial charge in [0.1, 0.15) is 0 Å². The van der Waals surface area contributed by atoms with Gasteiger partial charge < -0.3 is 21.3 Å². The van der Waals surface area contributed by atoms with Crippen molar-refractivity contribution < 1.29 is 18.9 Å². The topological polar surface area (TPSA) is 119 Å². The lowest BCUT2D eigenvalue weighted by Gasteiger charge is -2.17. The molecule has 0 fully saturated rings. The Balaban J connectivity index is -0.000000530. The van der Waals surface area contributed by atoms with Crippen molar-refractivity contribution in [2.75, 3.05) is 13.1 Å². The van der Waals surface area contributed by atoms with Gasteiger partial charge in [0.2, 0.25) is 0 Å². The first-order chi connectivity index (χ1) is 19.8. The fourth-order valence-electron chi connectivity index (χ4n) is 4.76. The SMILES string of the molecule is CCCCCC(CCCC)OP(=O)(O)O.CCCCCCCCCCCCN.CCCCCCCCCCCCN. The van der Waals surface area contributed by atoms with E-state index in [2.05, 4.69) is 27.7 Å². The molecule has 0 saturated carbocycles. The third-order valence-electron chi connectivity index (χ3n) is 7.41. The Bertz CT molecular complexity index is 449. The highest BCUT2D eigenvalue weighted by Crippen LogP contribution is 2.39. The van der Waals surface area contributed by atoms with Crippen molar-refractivity contribution in [2.45, 2.75) is 207 Å². The predicted molar refractivity (Wildman–Crippen MR) is 182 cm³/mol. The summed E-state index contributed by atoms with van der Waals surface area (Å²) in [4.78, 5) is 17.5. The molecule has 6 N–H and O–H groups in total. The first kappa shape index (κ1) is 45.5. The summed E-state index contributed by atoms with van der Waals surface area (Å²) in [7, 11) is -4.31. The second kappa shape index (κ2) is 40.0. The van der Waals surface area contributed by atoms with E-state index in [4.69, 9.17) is 25.8 Å². The minimum atomic E-state index is -4.31. The van der Waals surface area contributed by atoms with Crippen molar-refractivity contribution in [2.24, 2.45) is 11.5 Å². The smallest absolute Gasteiger partial charge is 0.330 e. The van der Waals surface area contributed by atoms with Crippen molar-refractivity contribution in [3.63, 3.8) is 0 Å². The Labute approximate surface area is 258 Å². The van der Waals surface area contributed by atoms with Crippen LogP contribution >= 0.6 is 7.82 Å². The quantitative estimate of drug-likeness (QED) is 0.0495. The molecule has 0 amide bonds. The highest BCUT2D eigenvalue weighted by atomic mass is 31.2. The van der Waals surface area contributed by atoms with E-state index in [-0.39, 0.29) is 6.10 Å². The molecule has 252 valence electrons. The van der Waals surface area contributed by atoms with Crippen molar-refractivity contribution in [3.05, 3.63) is 0 Å². The summed E-state index contributed by atoms with van der Waals surface area (Å²) in [6.07, 6.45) is 34.2. The van der Waals surface area contributed by atoms with Gasteiger partial charge in [0.05, 0.1) is 6.10 Å². The maximum Gasteiger partial charge on any atom is 0.469 e. The van der Waals surface area contributed by atoms with Crippen LogP contribution in [-0.4, -0.2) is 29.0 Å². The van der Waals surface area contributed by atoms with Crippen LogP contribution in [0.1, 0.15) is 201 Å². The molecule has 0 aliphatic heterocycles. The first-order valence-electron chi connectivity index (χ1n) is 18.0. The summed E-state index contributed by atoms with van der Waals surface area (Å²) in [6.45, 7) is 10.4. The van der Waals surface area contributed by atoms with E-state index < -0.39 is 7.82 Å². The fraction of sp³-hybridized carbons (Fsp3) is 1.00. The van der Waals surface area contributed by atoms with E-state index in [1.807, 2.05) is 0 Å². The summed E-state index contributed by atoms with van der Waals surface area (Å²) in [6, 6.07) is 0. The average molecular weight is 609 g/mol. The molecule has 0 aromatic heterocycles. The molecule has 1 unspecified atom stereocenters. The average Bonchev–Trinajstić information content (AvgIpc) is 2.94. The molecule has 0 bridgehead atoms. The molecule has 0 saturated heterocycles. The minimum absolute atomic E-state index is 0.280. The zero-order valence-corrected chi connectivity index (χ0v) is 29.3. The molecule has 0 heterocycles. The predicted octanol–water partition coefficient (Wildman–Crippen LogP) is 11.0. The zero-order valence-electron chi connectivity index (χ0n) is 28.4. The van der Waals surface area contributed by atoms with Crippen LogP contribution in [0.3, 0.4) is 0 Å². The Hall–Kier alpha value is 0.0300. The van der Waals surface area contributed by atoms with Gasteiger partial charge >= 0.3 is 7.82 Å². The van der Waals surface area contributed by atoms with Gasteiger partial charge in [-0.05, 0) is 38.8 Å². The van der Waals surface area contributed by atoms with Crippen LogP contribution in [0.2, 0.25) is 0 Å². The van der Waals surface area contributed by atoms with E-state index in [9.17, 15) is 4.57 Å². The number of phosphoric acid groups is 1. The summed E-state index contributed by atoms with van der Waals surface area (Å²) in [5, 5.41) is 0. The minimum Gasteiger partial charge on any atom is -0.330 e. The monoisotopic (exact) mass is 609 g/mol. The summed E-state index contributed by atoms with van der Waals surface area (Å²) >= 11 is 0. The van der Waals surface area contributed by atoms with Gasteiger partial charge in [-0.2, -0.15) is 0 Å². The van der Waals surface area contributed by atoms with E-state index >= 15 is 0 Å². The maximum absolute atomic E-state index is 10.7. The molecular weight excluding hydrogens is 531 g/mol. The molecule has 0 aromatic carbocycles. The largest absolute Gasteiger partial charge is 0.469 e. The van der Waals surface area contributed by atoms with Gasteiger partial charge in [0.25, 0.3) is 0 Å². The first-order valence-corrected chi connectivity index (χ1v) is 19.5. The molecule has 0 aromatic rings. The van der Waals surface area contributed by atoms with Crippen LogP contribution in [0.5, 0.6) is 0 Å². The Morgan fingerprint density at radius 1 is 0.463 bits per heavy atom. The highest BCUT2D eigenvalue weighted by molar-refractivity contribution is 7.46. The van der Waals surface area contributed by atoms with Crippen LogP contribution in [0.4, 0.5) is 0 Å². The van der Waals surface area contributed by atoms with Crippen LogP contribution in [0, 0.1) is 0 Å². The lowest BCUT2D eigenvalue weighted by Crippen LogP contribution is -2.11. The second-order valence-electron chi connectivity index (χ2n) is 11.8. The van der Waals surface area contributed by atoms with E-state index in [1.54, 1.807) is 0 Å². The molecule has 0 aliphatic carbocycles. The van der Waals surface area contributed by atoms with Crippen molar-refractivity contribution in [1.82, 2.24) is 0 Å². The normalized spacial score (nSPS) is 11.9. The summed E-state index contributed by atoms with van der Waals surface area (Å²) in [5.74, 6) is 0. The second-order valence-corrected chi connectivity index (χ2v) is 13.0. The van der Waals surface area contributed by atoms with Gasteiger partial charge in [-0.25, -0.2) is 4.57 Å². The van der Waals surface area contributed by atoms with Gasteiger partial charge in [-0.3, -0.25) is 4.52 Å². The molecule has 41 heavy (non-hydrogen) atoms. The Morgan fingerprint density at radius 3 is 1.02 bits per heavy atom. The van der Waals surface area contributed by atoms with Crippen molar-refractivity contribution in [1.29, 1.82) is 0 Å². The number of rotatable bonds is 29. The number of unbranched alkanes of at least 4 members (excludes halogenated alkanes) is 21. The molecule has 0 radical (unpaired) electrons. The standard InChI is InChI=1S/2C12H27N.C10H23O4P/c2*1-2-3-4-5-6-7-8-9-10-11-12-13;1-3-5-7-9-10(8-6-4-2)14-15(11,12)13/h2*2-13H2,1H3;10H,3-9H2,1-2H3,(H2,11,12,13). The molecular formula is C34H77N2O4P. The van der Waals surface area contributed by atoms with E-state index in [0.29, 0.717) is 0 Å². The number of hydrogen-bond acceptors (Lipinski definition) is 4. The van der Waals surface area contributed by atoms with Gasteiger partial charge in [-0.1, -0.05) is 175 Å². The molecule has 6 nitrogen and oxygen atoms in total. The van der Waals surface area contributed by atoms with Crippen LogP contribution < -0.4 is 11.5 Å². The number of phosphoric ester groups is 1. The molecule has 0 spiro atoms. The van der Waals surface area contributed by atoms with Crippen molar-refractivity contribution >= 4 is 7.82 Å². The molecule has 1 atom stereocenters. The third kappa shape index (κ3) is 50.0. The van der Waals surface area contributed by atoms with E-state index in [0.717, 1.165) is 58.0 Å².